The fraction of sp³-hybridized carbons (Fsp3) is 0.214. The molecular weight excluding hydrogens is 282 g/mol. The molecule has 100 valence electrons. The van der Waals surface area contributed by atoms with Crippen LogP contribution in [0, 0.1) is 0 Å². The Kier molecular flexibility index (Phi) is 4.45. The summed E-state index contributed by atoms with van der Waals surface area (Å²) >= 11 is 7.46. The monoisotopic (exact) mass is 295 g/mol. The predicted molar refractivity (Wildman–Crippen MR) is 79.2 cm³/mol. The van der Waals surface area contributed by atoms with Gasteiger partial charge in [0.05, 0.1) is 29.2 Å². The first-order valence-electron chi connectivity index (χ1n) is 5.74. The quantitative estimate of drug-likeness (QED) is 0.803. The third-order valence-corrected chi connectivity index (χ3v) is 3.96. The molecule has 0 unspecified atom stereocenters. The minimum atomic E-state index is -0.327. The molecule has 0 N–H and O–H groups in total. The Balaban J connectivity index is 2.23. The summed E-state index contributed by atoms with van der Waals surface area (Å²) in [6.45, 7) is 0.700. The minimum absolute atomic E-state index is 0.327. The molecule has 0 aliphatic heterocycles. The molecule has 1 aromatic heterocycles. The molecule has 1 aromatic carbocycles. The van der Waals surface area contributed by atoms with Crippen molar-refractivity contribution in [2.45, 2.75) is 6.54 Å². The first kappa shape index (κ1) is 13.9. The zero-order valence-corrected chi connectivity index (χ0v) is 12.3. The van der Waals surface area contributed by atoms with E-state index in [1.54, 1.807) is 6.07 Å². The van der Waals surface area contributed by atoms with Gasteiger partial charge in [0.2, 0.25) is 0 Å². The van der Waals surface area contributed by atoms with E-state index in [9.17, 15) is 4.79 Å². The maximum Gasteiger partial charge on any atom is 0.339 e. The minimum Gasteiger partial charge on any atom is -0.465 e. The Morgan fingerprint density at radius 2 is 2.05 bits per heavy atom. The van der Waals surface area contributed by atoms with Gasteiger partial charge >= 0.3 is 5.97 Å². The second-order valence-electron chi connectivity index (χ2n) is 4.07. The van der Waals surface area contributed by atoms with Crippen molar-refractivity contribution >= 4 is 34.6 Å². The molecule has 0 atom stereocenters. The molecule has 0 aliphatic rings. The van der Waals surface area contributed by atoms with Crippen LogP contribution in [-0.2, 0) is 11.3 Å². The van der Waals surface area contributed by atoms with Crippen molar-refractivity contribution in [3.8, 4) is 0 Å². The van der Waals surface area contributed by atoms with Crippen molar-refractivity contribution in [3.05, 3.63) is 51.2 Å². The second-order valence-corrected chi connectivity index (χ2v) is 5.87. The van der Waals surface area contributed by atoms with Gasteiger partial charge in [0, 0.05) is 11.9 Å². The Morgan fingerprint density at radius 3 is 2.68 bits per heavy atom. The molecule has 0 saturated heterocycles. The van der Waals surface area contributed by atoms with Gasteiger partial charge in [0.15, 0.2) is 0 Å². The fourth-order valence-corrected chi connectivity index (χ4v) is 2.99. The lowest BCUT2D eigenvalue weighted by molar-refractivity contribution is 0.0601. The maximum absolute atomic E-state index is 11.7. The van der Waals surface area contributed by atoms with E-state index in [1.165, 1.54) is 18.4 Å². The number of ether oxygens (including phenoxy) is 1. The summed E-state index contributed by atoms with van der Waals surface area (Å²) in [6, 6.07) is 11.3. The normalized spacial score (nSPS) is 10.3. The van der Waals surface area contributed by atoms with Gasteiger partial charge in [-0.3, -0.25) is 0 Å². The van der Waals surface area contributed by atoms with Gasteiger partial charge in [-0.05, 0) is 24.3 Å². The van der Waals surface area contributed by atoms with E-state index in [-0.39, 0.29) is 5.97 Å². The largest absolute Gasteiger partial charge is 0.465 e. The number of hydrogen-bond donors (Lipinski definition) is 0. The van der Waals surface area contributed by atoms with E-state index in [2.05, 4.69) is 0 Å². The highest BCUT2D eigenvalue weighted by atomic mass is 35.5. The molecule has 0 amide bonds. The molecule has 0 radical (unpaired) electrons. The van der Waals surface area contributed by atoms with Crippen LogP contribution >= 0.6 is 22.9 Å². The molecule has 0 aliphatic carbocycles. The molecule has 2 aromatic rings. The molecule has 19 heavy (non-hydrogen) atoms. The predicted octanol–water partition coefficient (Wildman–Crippen LogP) is 3.82. The molecule has 1 heterocycles. The summed E-state index contributed by atoms with van der Waals surface area (Å²) in [4.78, 5) is 14.9. The standard InChI is InChI=1S/C14H14ClNO2S/c1-16(9-10-7-8-13(15)19-10)12-6-4-3-5-11(12)14(17)18-2/h3-8H,9H2,1-2H3. The third-order valence-electron chi connectivity index (χ3n) is 2.74. The van der Waals surface area contributed by atoms with E-state index in [1.807, 2.05) is 42.3 Å². The van der Waals surface area contributed by atoms with Crippen molar-refractivity contribution < 1.29 is 9.53 Å². The highest BCUT2D eigenvalue weighted by molar-refractivity contribution is 7.16. The van der Waals surface area contributed by atoms with Crippen LogP contribution in [-0.4, -0.2) is 20.1 Å². The van der Waals surface area contributed by atoms with Gasteiger partial charge < -0.3 is 9.64 Å². The first-order chi connectivity index (χ1) is 9.11. The molecule has 5 heteroatoms. The van der Waals surface area contributed by atoms with Gasteiger partial charge in [-0.1, -0.05) is 23.7 Å². The van der Waals surface area contributed by atoms with Crippen molar-refractivity contribution in [1.29, 1.82) is 0 Å². The number of rotatable bonds is 4. The zero-order valence-electron chi connectivity index (χ0n) is 10.7. The Hall–Kier alpha value is -1.52. The molecular formula is C14H14ClNO2S. The molecule has 0 fully saturated rings. The number of carbonyl (C=O) groups excluding carboxylic acids is 1. The van der Waals surface area contributed by atoms with Crippen LogP contribution in [0.5, 0.6) is 0 Å². The number of anilines is 1. The summed E-state index contributed by atoms with van der Waals surface area (Å²) in [5.41, 5.74) is 1.41. The van der Waals surface area contributed by atoms with Crippen molar-refractivity contribution in [2.24, 2.45) is 0 Å². The van der Waals surface area contributed by atoms with Crippen LogP contribution in [0.2, 0.25) is 4.34 Å². The highest BCUT2D eigenvalue weighted by Crippen LogP contribution is 2.26. The topological polar surface area (TPSA) is 29.5 Å². The number of esters is 1. The van der Waals surface area contributed by atoms with E-state index in [0.717, 1.165) is 14.9 Å². The van der Waals surface area contributed by atoms with E-state index < -0.39 is 0 Å². The Labute approximate surface area is 121 Å². The molecule has 0 spiro atoms. The number of halogens is 1. The molecule has 0 saturated carbocycles. The summed E-state index contributed by atoms with van der Waals surface area (Å²) in [6.07, 6.45) is 0. The lowest BCUT2D eigenvalue weighted by Crippen LogP contribution is -2.19. The lowest BCUT2D eigenvalue weighted by Gasteiger charge is -2.20. The van der Waals surface area contributed by atoms with Gasteiger partial charge in [0.25, 0.3) is 0 Å². The van der Waals surface area contributed by atoms with Gasteiger partial charge in [-0.25, -0.2) is 4.79 Å². The van der Waals surface area contributed by atoms with Crippen LogP contribution < -0.4 is 4.90 Å². The molecule has 2 rings (SSSR count). The number of nitrogens with zero attached hydrogens (tertiary/aromatic N) is 1. The number of benzene rings is 1. The number of thiophene rings is 1. The van der Waals surface area contributed by atoms with Crippen LogP contribution in [0.4, 0.5) is 5.69 Å². The Morgan fingerprint density at radius 1 is 1.32 bits per heavy atom. The second kappa shape index (κ2) is 6.08. The third kappa shape index (κ3) is 3.28. The SMILES string of the molecule is COC(=O)c1ccccc1N(C)Cc1ccc(Cl)s1. The van der Waals surface area contributed by atoms with Gasteiger partial charge in [0.1, 0.15) is 0 Å². The summed E-state index contributed by atoms with van der Waals surface area (Å²) in [5, 5.41) is 0. The van der Waals surface area contributed by atoms with Gasteiger partial charge in [-0.2, -0.15) is 0 Å². The van der Waals surface area contributed by atoms with E-state index >= 15 is 0 Å². The van der Waals surface area contributed by atoms with E-state index in [4.69, 9.17) is 16.3 Å². The number of methoxy groups -OCH3 is 1. The van der Waals surface area contributed by atoms with E-state index in [0.29, 0.717) is 12.1 Å². The first-order valence-corrected chi connectivity index (χ1v) is 6.94. The van der Waals surface area contributed by atoms with Crippen LogP contribution in [0.1, 0.15) is 15.2 Å². The van der Waals surface area contributed by atoms with Crippen LogP contribution in [0.15, 0.2) is 36.4 Å². The van der Waals surface area contributed by atoms with Crippen LogP contribution in [0.3, 0.4) is 0 Å². The van der Waals surface area contributed by atoms with Crippen LogP contribution in [0.25, 0.3) is 0 Å². The van der Waals surface area contributed by atoms with Crippen molar-refractivity contribution in [3.63, 3.8) is 0 Å². The molecule has 3 nitrogen and oxygen atoms in total. The maximum atomic E-state index is 11.7. The van der Waals surface area contributed by atoms with Crippen molar-refractivity contribution in [1.82, 2.24) is 0 Å². The fourth-order valence-electron chi connectivity index (χ4n) is 1.84. The zero-order chi connectivity index (χ0) is 13.8. The summed E-state index contributed by atoms with van der Waals surface area (Å²) < 4.78 is 5.57. The van der Waals surface area contributed by atoms with Crippen molar-refractivity contribution in [2.75, 3.05) is 19.1 Å². The smallest absolute Gasteiger partial charge is 0.339 e. The number of para-hydroxylation sites is 1. The average Bonchev–Trinajstić information content (AvgIpc) is 2.83. The molecule has 0 bridgehead atoms. The summed E-state index contributed by atoms with van der Waals surface area (Å²) in [5.74, 6) is -0.327. The lowest BCUT2D eigenvalue weighted by atomic mass is 10.1. The van der Waals surface area contributed by atoms with Gasteiger partial charge in [-0.15, -0.1) is 11.3 Å². The Bertz CT molecular complexity index is 582. The number of hydrogen-bond acceptors (Lipinski definition) is 4. The summed E-state index contributed by atoms with van der Waals surface area (Å²) in [7, 11) is 3.33. The average molecular weight is 296 g/mol. The highest BCUT2D eigenvalue weighted by Gasteiger charge is 2.14. The number of carbonyl (C=O) groups is 1.